The van der Waals surface area contributed by atoms with Crippen molar-refractivity contribution < 1.29 is 0 Å². The van der Waals surface area contributed by atoms with Crippen molar-refractivity contribution in [2.45, 2.75) is 39.3 Å². The second kappa shape index (κ2) is 6.81. The normalized spacial score (nSPS) is 12.7. The van der Waals surface area contributed by atoms with E-state index < -0.39 is 0 Å². The summed E-state index contributed by atoms with van der Waals surface area (Å²) in [6, 6.07) is 4.19. The molecule has 116 valence electrons. The number of anilines is 1. The molecular weight excluding hydrogens is 304 g/mol. The highest BCUT2D eigenvalue weighted by Gasteiger charge is 2.19. The summed E-state index contributed by atoms with van der Waals surface area (Å²) in [4.78, 5) is 3.46. The number of nitrogens with two attached hydrogens (primary N) is 1. The van der Waals surface area contributed by atoms with E-state index in [-0.39, 0.29) is 6.04 Å². The Kier molecular flexibility index (Phi) is 5.30. The minimum Gasteiger partial charge on any atom is -0.355 e. The molecule has 1 atom stereocenters. The lowest BCUT2D eigenvalue weighted by molar-refractivity contribution is 0.642. The van der Waals surface area contributed by atoms with Crippen LogP contribution in [0.25, 0.3) is 0 Å². The van der Waals surface area contributed by atoms with Crippen molar-refractivity contribution in [2.24, 2.45) is 12.8 Å². The van der Waals surface area contributed by atoms with E-state index in [2.05, 4.69) is 37.0 Å². The van der Waals surface area contributed by atoms with Gasteiger partial charge in [0.15, 0.2) is 0 Å². The maximum Gasteiger partial charge on any atom is 0.130 e. The van der Waals surface area contributed by atoms with Crippen LogP contribution in [0, 0.1) is 6.92 Å². The van der Waals surface area contributed by atoms with Crippen LogP contribution in [0.15, 0.2) is 12.1 Å². The van der Waals surface area contributed by atoms with Gasteiger partial charge < -0.3 is 10.6 Å². The number of hydrogen-bond acceptors (Lipinski definition) is 4. The average molecular weight is 327 g/mol. The van der Waals surface area contributed by atoms with Gasteiger partial charge in [0.2, 0.25) is 0 Å². The lowest BCUT2D eigenvalue weighted by Crippen LogP contribution is -2.25. The number of aryl methyl sites for hydroxylation is 2. The molecule has 2 aromatic rings. The van der Waals surface area contributed by atoms with E-state index in [1.165, 1.54) is 10.4 Å². The largest absolute Gasteiger partial charge is 0.355 e. The predicted molar refractivity (Wildman–Crippen MR) is 91.4 cm³/mol. The topological polar surface area (TPSA) is 47.1 Å². The fourth-order valence-corrected chi connectivity index (χ4v) is 3.70. The van der Waals surface area contributed by atoms with E-state index >= 15 is 0 Å². The Bertz CT molecular complexity index is 605. The zero-order chi connectivity index (χ0) is 15.6. The number of aromatic nitrogens is 2. The quantitative estimate of drug-likeness (QED) is 0.885. The molecule has 0 aliphatic carbocycles. The molecule has 0 aromatic carbocycles. The first-order valence-corrected chi connectivity index (χ1v) is 8.35. The van der Waals surface area contributed by atoms with Crippen LogP contribution in [-0.2, 0) is 20.0 Å². The zero-order valence-electron chi connectivity index (χ0n) is 13.1. The van der Waals surface area contributed by atoms with Gasteiger partial charge in [-0.2, -0.15) is 5.10 Å². The Morgan fingerprint density at radius 3 is 2.76 bits per heavy atom. The second-order valence-corrected chi connectivity index (χ2v) is 7.25. The van der Waals surface area contributed by atoms with E-state index in [4.69, 9.17) is 17.3 Å². The summed E-state index contributed by atoms with van der Waals surface area (Å²) in [6.07, 6.45) is 1.83. The van der Waals surface area contributed by atoms with Crippen LogP contribution in [0.3, 0.4) is 0 Å². The molecule has 2 aromatic heterocycles. The molecular formula is C15H23ClN4S. The first kappa shape index (κ1) is 16.3. The van der Waals surface area contributed by atoms with E-state index in [0.29, 0.717) is 0 Å². The number of thiophene rings is 1. The van der Waals surface area contributed by atoms with Crippen LogP contribution in [0.4, 0.5) is 5.82 Å². The highest BCUT2D eigenvalue weighted by Crippen LogP contribution is 2.28. The van der Waals surface area contributed by atoms with Crippen molar-refractivity contribution in [3.05, 3.63) is 32.6 Å². The van der Waals surface area contributed by atoms with Gasteiger partial charge >= 0.3 is 0 Å². The van der Waals surface area contributed by atoms with Gasteiger partial charge in [0.05, 0.1) is 16.6 Å². The van der Waals surface area contributed by atoms with E-state index in [9.17, 15) is 0 Å². The molecule has 6 heteroatoms. The third-order valence-electron chi connectivity index (χ3n) is 3.69. The number of halogens is 1. The standard InChI is InChI=1S/C15H23ClN4S/c1-5-11(17)8-13-10(2)18-20(4)15(13)19(3)9-12-6-7-14(16)21-12/h6-7,11H,5,8-9,17H2,1-4H3. The Hall–Kier alpha value is -1.04. The molecule has 0 fully saturated rings. The molecule has 0 saturated heterocycles. The fraction of sp³-hybridized carbons (Fsp3) is 0.533. The van der Waals surface area contributed by atoms with Crippen LogP contribution >= 0.6 is 22.9 Å². The third kappa shape index (κ3) is 3.78. The van der Waals surface area contributed by atoms with Gasteiger partial charge in [-0.3, -0.25) is 4.68 Å². The molecule has 0 spiro atoms. The van der Waals surface area contributed by atoms with Crippen molar-refractivity contribution in [2.75, 3.05) is 11.9 Å². The smallest absolute Gasteiger partial charge is 0.130 e. The monoisotopic (exact) mass is 326 g/mol. The SMILES string of the molecule is CCC(N)Cc1c(C)nn(C)c1N(C)Cc1ccc(Cl)s1. The maximum atomic E-state index is 6.14. The molecule has 21 heavy (non-hydrogen) atoms. The van der Waals surface area contributed by atoms with Crippen molar-refractivity contribution in [3.8, 4) is 0 Å². The first-order valence-electron chi connectivity index (χ1n) is 7.15. The lowest BCUT2D eigenvalue weighted by atomic mass is 10.0. The van der Waals surface area contributed by atoms with E-state index in [0.717, 1.165) is 35.2 Å². The molecule has 0 radical (unpaired) electrons. The van der Waals surface area contributed by atoms with Gasteiger partial charge in [0, 0.05) is 30.6 Å². The number of nitrogens with zero attached hydrogens (tertiary/aromatic N) is 3. The van der Waals surface area contributed by atoms with Gasteiger partial charge in [-0.25, -0.2) is 0 Å². The van der Waals surface area contributed by atoms with Crippen LogP contribution in [-0.4, -0.2) is 22.9 Å². The summed E-state index contributed by atoms with van der Waals surface area (Å²) in [7, 11) is 4.08. The van der Waals surface area contributed by atoms with Crippen molar-refractivity contribution in [1.29, 1.82) is 0 Å². The molecule has 2 N–H and O–H groups in total. The van der Waals surface area contributed by atoms with Crippen molar-refractivity contribution in [3.63, 3.8) is 0 Å². The Morgan fingerprint density at radius 2 is 2.19 bits per heavy atom. The molecule has 0 saturated carbocycles. The van der Waals surface area contributed by atoms with Gasteiger partial charge in [-0.15, -0.1) is 11.3 Å². The Labute approximate surface area is 135 Å². The second-order valence-electron chi connectivity index (χ2n) is 5.45. The number of hydrogen-bond donors (Lipinski definition) is 1. The lowest BCUT2D eigenvalue weighted by Gasteiger charge is -2.21. The molecule has 2 heterocycles. The van der Waals surface area contributed by atoms with Crippen LogP contribution < -0.4 is 10.6 Å². The molecule has 2 rings (SSSR count). The Morgan fingerprint density at radius 1 is 1.48 bits per heavy atom. The minimum atomic E-state index is 0.177. The Balaban J connectivity index is 2.25. The molecule has 0 bridgehead atoms. The fourth-order valence-electron chi connectivity index (χ4n) is 2.56. The third-order valence-corrected chi connectivity index (χ3v) is 4.90. The molecule has 0 amide bonds. The summed E-state index contributed by atoms with van der Waals surface area (Å²) >= 11 is 7.63. The summed E-state index contributed by atoms with van der Waals surface area (Å²) in [6.45, 7) is 5.00. The van der Waals surface area contributed by atoms with Crippen molar-refractivity contribution >= 4 is 28.8 Å². The van der Waals surface area contributed by atoms with Crippen LogP contribution in [0.2, 0.25) is 4.34 Å². The molecule has 0 aliphatic rings. The minimum absolute atomic E-state index is 0.177. The van der Waals surface area contributed by atoms with E-state index in [1.807, 2.05) is 17.8 Å². The van der Waals surface area contributed by atoms with Crippen molar-refractivity contribution in [1.82, 2.24) is 9.78 Å². The first-order chi connectivity index (χ1) is 9.92. The highest BCUT2D eigenvalue weighted by atomic mass is 35.5. The van der Waals surface area contributed by atoms with Gasteiger partial charge in [0.1, 0.15) is 5.82 Å². The van der Waals surface area contributed by atoms with Gasteiger partial charge in [0.25, 0.3) is 0 Å². The summed E-state index contributed by atoms with van der Waals surface area (Å²) in [5.41, 5.74) is 8.45. The highest BCUT2D eigenvalue weighted by molar-refractivity contribution is 7.16. The molecule has 0 aliphatic heterocycles. The maximum absolute atomic E-state index is 6.14. The summed E-state index contributed by atoms with van der Waals surface area (Å²) in [5.74, 6) is 1.14. The van der Waals surface area contributed by atoms with Gasteiger partial charge in [-0.1, -0.05) is 18.5 Å². The number of rotatable bonds is 6. The zero-order valence-corrected chi connectivity index (χ0v) is 14.6. The molecule has 1 unspecified atom stereocenters. The molecule has 4 nitrogen and oxygen atoms in total. The predicted octanol–water partition coefficient (Wildman–Crippen LogP) is 3.36. The van der Waals surface area contributed by atoms with Gasteiger partial charge in [-0.05, 0) is 31.9 Å². The van der Waals surface area contributed by atoms with Crippen LogP contribution in [0.1, 0.15) is 29.5 Å². The summed E-state index contributed by atoms with van der Waals surface area (Å²) in [5, 5.41) is 4.56. The average Bonchev–Trinajstić information content (AvgIpc) is 2.93. The van der Waals surface area contributed by atoms with Crippen LogP contribution in [0.5, 0.6) is 0 Å². The summed E-state index contributed by atoms with van der Waals surface area (Å²) < 4.78 is 2.77. The van der Waals surface area contributed by atoms with E-state index in [1.54, 1.807) is 11.3 Å².